The molecule has 0 saturated carbocycles. The van der Waals surface area contributed by atoms with E-state index in [4.69, 9.17) is 4.74 Å². The minimum absolute atomic E-state index is 0.00294. The summed E-state index contributed by atoms with van der Waals surface area (Å²) >= 11 is 0. The number of imide groups is 1. The van der Waals surface area contributed by atoms with Crippen LogP contribution in [-0.2, 0) is 20.7 Å². The number of hydrogen-bond donors (Lipinski definition) is 2. The molecule has 1 unspecified atom stereocenters. The number of urea groups is 1. The molecule has 0 aromatic heterocycles. The van der Waals surface area contributed by atoms with Gasteiger partial charge in [0.05, 0.1) is 6.10 Å². The van der Waals surface area contributed by atoms with Crippen LogP contribution in [-0.4, -0.2) is 82.9 Å². The van der Waals surface area contributed by atoms with Gasteiger partial charge in [-0.25, -0.2) is 4.79 Å². The smallest absolute Gasteiger partial charge is 0.430 e. The van der Waals surface area contributed by atoms with Crippen molar-refractivity contribution in [3.63, 3.8) is 0 Å². The van der Waals surface area contributed by atoms with Crippen molar-refractivity contribution in [2.45, 2.75) is 83.2 Å². The van der Waals surface area contributed by atoms with Crippen LogP contribution in [0.2, 0.25) is 0 Å². The molecule has 0 aliphatic carbocycles. The summed E-state index contributed by atoms with van der Waals surface area (Å²) < 4.78 is 87.1. The first-order valence-electron chi connectivity index (χ1n) is 15.3. The number of rotatable bonds is 8. The Labute approximate surface area is 274 Å². The van der Waals surface area contributed by atoms with Crippen LogP contribution in [0.25, 0.3) is 6.08 Å². The Bertz CT molecular complexity index is 1560. The van der Waals surface area contributed by atoms with Crippen molar-refractivity contribution in [1.29, 1.82) is 0 Å². The van der Waals surface area contributed by atoms with Gasteiger partial charge in [0.15, 0.2) is 0 Å². The molecular weight excluding hydrogens is 646 g/mol. The van der Waals surface area contributed by atoms with Crippen LogP contribution >= 0.6 is 0 Å². The lowest BCUT2D eigenvalue weighted by molar-refractivity contribution is -0.376. The number of carbonyl (C=O) groups is 3. The summed E-state index contributed by atoms with van der Waals surface area (Å²) in [7, 11) is 0. The van der Waals surface area contributed by atoms with Gasteiger partial charge in [-0.2, -0.15) is 26.3 Å². The van der Waals surface area contributed by atoms with Crippen LogP contribution < -0.4 is 15.0 Å². The highest BCUT2D eigenvalue weighted by atomic mass is 19.4. The molecule has 15 heteroatoms. The molecule has 0 radical (unpaired) electrons. The lowest BCUT2D eigenvalue weighted by atomic mass is 9.89. The van der Waals surface area contributed by atoms with Gasteiger partial charge in [0.1, 0.15) is 17.8 Å². The summed E-state index contributed by atoms with van der Waals surface area (Å²) in [5.74, 6) is -0.556. The fourth-order valence-corrected chi connectivity index (χ4v) is 6.05. The number of piperazine rings is 1. The number of amides is 4. The van der Waals surface area contributed by atoms with Crippen LogP contribution in [0.15, 0.2) is 48.5 Å². The standard InChI is InChI=1S/C33H38F6N4O5/c1-7-8-22-15-24(31(47,32(34,35)36)33(37,38)39)11-14-26(22)41-16-21(5)42(17-20(41)4)27(44)18-43-28(45)30(6,40-29(43)46)23-9-12-25(13-10-23)48-19(2)3/h7-15,19-21,47H,16-18H2,1-6H3,(H,40,46)/b8-7-/t20?,21-,30+/m0/s1. The largest absolute Gasteiger partial charge is 0.491 e. The number of alkyl halides is 6. The maximum absolute atomic E-state index is 13.6. The summed E-state index contributed by atoms with van der Waals surface area (Å²) in [5.41, 5.74) is -7.10. The highest BCUT2D eigenvalue weighted by molar-refractivity contribution is 6.09. The Hall–Kier alpha value is -4.27. The first kappa shape index (κ1) is 36.6. The van der Waals surface area contributed by atoms with E-state index in [1.165, 1.54) is 30.9 Å². The SMILES string of the molecule is C/C=C\c1cc(C(O)(C(F)(F)F)C(F)(F)F)ccc1N1C[C@H](C)N(C(=O)CN2C(=O)N[C@](C)(c3ccc(OC(C)C)cc3)C2=O)CC1C. The van der Waals surface area contributed by atoms with Crippen molar-refractivity contribution in [3.8, 4) is 5.75 Å². The quantitative estimate of drug-likeness (QED) is 0.273. The van der Waals surface area contributed by atoms with Gasteiger partial charge in [-0.1, -0.05) is 30.4 Å². The normalized spacial score (nSPS) is 22.6. The van der Waals surface area contributed by atoms with Gasteiger partial charge in [-0.3, -0.25) is 14.5 Å². The van der Waals surface area contributed by atoms with Crippen LogP contribution in [0.1, 0.15) is 58.2 Å². The number of ether oxygens (including phenoxy) is 1. The zero-order chi connectivity index (χ0) is 36.0. The van der Waals surface area contributed by atoms with E-state index in [0.717, 1.165) is 11.0 Å². The predicted molar refractivity (Wildman–Crippen MR) is 165 cm³/mol. The molecule has 2 aliphatic rings. The molecule has 2 saturated heterocycles. The minimum atomic E-state index is -6.04. The molecule has 2 heterocycles. The van der Waals surface area contributed by atoms with Crippen LogP contribution in [0.3, 0.4) is 0 Å². The van der Waals surface area contributed by atoms with E-state index in [-0.39, 0.29) is 24.8 Å². The van der Waals surface area contributed by atoms with Crippen molar-refractivity contribution in [3.05, 3.63) is 65.2 Å². The van der Waals surface area contributed by atoms with E-state index in [1.54, 1.807) is 43.0 Å². The van der Waals surface area contributed by atoms with Gasteiger partial charge >= 0.3 is 18.4 Å². The molecule has 3 atom stereocenters. The average molecular weight is 685 g/mol. The summed E-state index contributed by atoms with van der Waals surface area (Å²) in [6.07, 6.45) is -9.36. The molecule has 2 aromatic carbocycles. The average Bonchev–Trinajstić information content (AvgIpc) is 3.20. The number of benzene rings is 2. The summed E-state index contributed by atoms with van der Waals surface area (Å²) in [5, 5.41) is 12.6. The molecule has 4 amide bonds. The van der Waals surface area contributed by atoms with Crippen LogP contribution in [0.4, 0.5) is 36.8 Å². The fraction of sp³-hybridized carbons (Fsp3) is 0.485. The molecule has 0 bridgehead atoms. The third-order valence-electron chi connectivity index (χ3n) is 8.60. The number of nitrogens with zero attached hydrogens (tertiary/aromatic N) is 3. The second-order valence-corrected chi connectivity index (χ2v) is 12.5. The minimum Gasteiger partial charge on any atom is -0.491 e. The van der Waals surface area contributed by atoms with Gasteiger partial charge in [0.25, 0.3) is 11.5 Å². The zero-order valence-electron chi connectivity index (χ0n) is 27.2. The zero-order valence-corrected chi connectivity index (χ0v) is 27.2. The summed E-state index contributed by atoms with van der Waals surface area (Å²) in [4.78, 5) is 44.0. The van der Waals surface area contributed by atoms with Gasteiger partial charge < -0.3 is 25.0 Å². The molecule has 0 spiro atoms. The summed E-state index contributed by atoms with van der Waals surface area (Å²) in [6, 6.07) is 7.25. The Morgan fingerprint density at radius 3 is 2.17 bits per heavy atom. The maximum atomic E-state index is 13.6. The number of halogens is 6. The molecule has 4 rings (SSSR count). The first-order chi connectivity index (χ1) is 22.1. The number of aliphatic hydroxyl groups is 1. The van der Waals surface area contributed by atoms with E-state index < -0.39 is 65.5 Å². The topological polar surface area (TPSA) is 102 Å². The highest BCUT2D eigenvalue weighted by Crippen LogP contribution is 2.50. The molecular formula is C33H38F6N4O5. The third-order valence-corrected chi connectivity index (χ3v) is 8.60. The van der Waals surface area contributed by atoms with E-state index >= 15 is 0 Å². The van der Waals surface area contributed by atoms with Gasteiger partial charge in [0, 0.05) is 36.4 Å². The number of hydrogen-bond acceptors (Lipinski definition) is 6. The molecule has 48 heavy (non-hydrogen) atoms. The predicted octanol–water partition coefficient (Wildman–Crippen LogP) is 5.71. The van der Waals surface area contributed by atoms with Gasteiger partial charge in [0.2, 0.25) is 5.91 Å². The van der Waals surface area contributed by atoms with Gasteiger partial charge in [-0.15, -0.1) is 0 Å². The van der Waals surface area contributed by atoms with Crippen molar-refractivity contribution in [1.82, 2.24) is 15.1 Å². The van der Waals surface area contributed by atoms with Crippen LogP contribution in [0.5, 0.6) is 5.75 Å². The molecule has 2 aliphatic heterocycles. The van der Waals surface area contributed by atoms with Crippen molar-refractivity contribution in [2.24, 2.45) is 0 Å². The van der Waals surface area contributed by atoms with E-state index in [1.807, 2.05) is 13.8 Å². The second-order valence-electron chi connectivity index (χ2n) is 12.5. The van der Waals surface area contributed by atoms with Crippen molar-refractivity contribution < 1.29 is 50.6 Å². The number of carbonyl (C=O) groups excluding carboxylic acids is 3. The van der Waals surface area contributed by atoms with Gasteiger partial charge in [-0.05, 0) is 76.9 Å². The van der Waals surface area contributed by atoms with E-state index in [0.29, 0.717) is 29.1 Å². The Morgan fingerprint density at radius 2 is 1.62 bits per heavy atom. The highest BCUT2D eigenvalue weighted by Gasteiger charge is 2.71. The van der Waals surface area contributed by atoms with E-state index in [2.05, 4.69) is 5.32 Å². The molecule has 262 valence electrons. The number of nitrogens with one attached hydrogen (secondary N) is 1. The number of allylic oxidation sites excluding steroid dienone is 1. The fourth-order valence-electron chi connectivity index (χ4n) is 6.05. The second kappa shape index (κ2) is 13.0. The van der Waals surface area contributed by atoms with Crippen molar-refractivity contribution in [2.75, 3.05) is 24.5 Å². The Kier molecular flexibility index (Phi) is 9.88. The summed E-state index contributed by atoms with van der Waals surface area (Å²) in [6.45, 7) is 9.89. The third kappa shape index (κ3) is 6.56. The molecule has 2 N–H and O–H groups in total. The number of anilines is 1. The van der Waals surface area contributed by atoms with Crippen LogP contribution in [0, 0.1) is 0 Å². The molecule has 2 fully saturated rings. The lowest BCUT2D eigenvalue weighted by Crippen LogP contribution is -2.60. The Balaban J connectivity index is 1.52. The van der Waals surface area contributed by atoms with E-state index in [9.17, 15) is 45.8 Å². The van der Waals surface area contributed by atoms with Crippen molar-refractivity contribution >= 4 is 29.6 Å². The maximum Gasteiger partial charge on any atom is 0.430 e. The molecule has 2 aromatic rings. The first-order valence-corrected chi connectivity index (χ1v) is 15.3. The monoisotopic (exact) mass is 684 g/mol. The lowest BCUT2D eigenvalue weighted by Gasteiger charge is -2.46. The Morgan fingerprint density at radius 1 is 1.02 bits per heavy atom. The molecule has 9 nitrogen and oxygen atoms in total.